The summed E-state index contributed by atoms with van der Waals surface area (Å²) in [5.74, 6) is 0.457. The number of methoxy groups -OCH3 is 1. The standard InChI is InChI=1S/C23H23N3O3/c1-15(26-11-9-16(10-12-26)25(2)3)23(27)24-19-14-21-18(13-22(19)28-4)17-7-5-6-8-20(17)29-21/h5-15H,1-4H3/p+1/t15-/m1/s1. The fourth-order valence-electron chi connectivity index (χ4n) is 3.38. The van der Waals surface area contributed by atoms with E-state index >= 15 is 0 Å². The first-order valence-corrected chi connectivity index (χ1v) is 9.46. The van der Waals surface area contributed by atoms with Crippen LogP contribution in [0.1, 0.15) is 13.0 Å². The molecule has 1 amide bonds. The number of fused-ring (bicyclic) bond motifs is 3. The van der Waals surface area contributed by atoms with Crippen LogP contribution in [0.25, 0.3) is 21.9 Å². The van der Waals surface area contributed by atoms with Crippen molar-refractivity contribution in [1.82, 2.24) is 0 Å². The Hall–Kier alpha value is -3.54. The lowest BCUT2D eigenvalue weighted by atomic mass is 10.1. The lowest BCUT2D eigenvalue weighted by molar-refractivity contribution is -0.705. The molecule has 0 saturated carbocycles. The quantitative estimate of drug-likeness (QED) is 0.520. The highest BCUT2D eigenvalue weighted by atomic mass is 16.5. The van der Waals surface area contributed by atoms with Crippen molar-refractivity contribution >= 4 is 39.2 Å². The number of ether oxygens (including phenoxy) is 1. The van der Waals surface area contributed by atoms with Gasteiger partial charge in [0.25, 0.3) is 5.91 Å². The highest BCUT2D eigenvalue weighted by Gasteiger charge is 2.24. The number of hydrogen-bond donors (Lipinski definition) is 1. The number of hydrogen-bond acceptors (Lipinski definition) is 4. The molecule has 0 aliphatic heterocycles. The number of amides is 1. The van der Waals surface area contributed by atoms with E-state index in [9.17, 15) is 4.79 Å². The van der Waals surface area contributed by atoms with Gasteiger partial charge in [-0.1, -0.05) is 18.2 Å². The number of para-hydroxylation sites is 1. The molecule has 29 heavy (non-hydrogen) atoms. The van der Waals surface area contributed by atoms with E-state index in [1.165, 1.54) is 0 Å². The van der Waals surface area contributed by atoms with E-state index in [1.54, 1.807) is 7.11 Å². The summed E-state index contributed by atoms with van der Waals surface area (Å²) in [7, 11) is 5.56. The molecular formula is C23H24N3O3+. The van der Waals surface area contributed by atoms with Crippen molar-refractivity contribution in [1.29, 1.82) is 0 Å². The highest BCUT2D eigenvalue weighted by Crippen LogP contribution is 2.36. The summed E-state index contributed by atoms with van der Waals surface area (Å²) in [6.07, 6.45) is 3.80. The van der Waals surface area contributed by atoms with Gasteiger partial charge in [-0.15, -0.1) is 0 Å². The van der Waals surface area contributed by atoms with Gasteiger partial charge < -0.3 is 19.4 Å². The van der Waals surface area contributed by atoms with E-state index in [2.05, 4.69) is 5.32 Å². The molecular weight excluding hydrogens is 366 g/mol. The third kappa shape index (κ3) is 3.49. The minimum Gasteiger partial charge on any atom is -0.495 e. The van der Waals surface area contributed by atoms with Crippen LogP contribution in [0.5, 0.6) is 5.75 Å². The Bertz CT molecular complexity index is 1180. The lowest BCUT2D eigenvalue weighted by Crippen LogP contribution is -2.44. The van der Waals surface area contributed by atoms with Gasteiger partial charge in [-0.2, -0.15) is 4.57 Å². The maximum atomic E-state index is 12.9. The summed E-state index contributed by atoms with van der Waals surface area (Å²) < 4.78 is 13.3. The molecule has 6 heteroatoms. The minimum atomic E-state index is -0.387. The molecule has 0 fully saturated rings. The van der Waals surface area contributed by atoms with E-state index < -0.39 is 0 Å². The average Bonchev–Trinajstić information content (AvgIpc) is 3.09. The largest absolute Gasteiger partial charge is 0.495 e. The summed E-state index contributed by atoms with van der Waals surface area (Å²) in [5, 5.41) is 4.95. The molecule has 1 N–H and O–H groups in total. The molecule has 6 nitrogen and oxygen atoms in total. The van der Waals surface area contributed by atoms with E-state index in [0.717, 1.165) is 22.0 Å². The molecule has 2 heterocycles. The molecule has 0 aliphatic rings. The third-order valence-corrected chi connectivity index (χ3v) is 5.13. The Morgan fingerprint density at radius 1 is 1.07 bits per heavy atom. The van der Waals surface area contributed by atoms with Crippen LogP contribution in [0.2, 0.25) is 0 Å². The van der Waals surface area contributed by atoms with Crippen molar-refractivity contribution in [3.8, 4) is 5.75 Å². The second-order valence-electron chi connectivity index (χ2n) is 7.21. The zero-order valence-corrected chi connectivity index (χ0v) is 17.0. The van der Waals surface area contributed by atoms with Crippen LogP contribution < -0.4 is 19.5 Å². The topological polar surface area (TPSA) is 58.6 Å². The number of nitrogens with one attached hydrogen (secondary N) is 1. The number of aromatic nitrogens is 1. The van der Waals surface area contributed by atoms with Crippen molar-refractivity contribution in [2.45, 2.75) is 13.0 Å². The predicted octanol–water partition coefficient (Wildman–Crippen LogP) is 4.15. The Balaban J connectivity index is 1.63. The van der Waals surface area contributed by atoms with Crippen molar-refractivity contribution < 1.29 is 18.5 Å². The van der Waals surface area contributed by atoms with Gasteiger partial charge in [0, 0.05) is 55.7 Å². The van der Waals surface area contributed by atoms with Crippen molar-refractivity contribution in [3.05, 3.63) is 60.9 Å². The van der Waals surface area contributed by atoms with Crippen LogP contribution in [-0.4, -0.2) is 27.1 Å². The fourth-order valence-corrected chi connectivity index (χ4v) is 3.38. The van der Waals surface area contributed by atoms with Gasteiger partial charge in [0.05, 0.1) is 12.8 Å². The fraction of sp³-hybridized carbons (Fsp3) is 0.217. The third-order valence-electron chi connectivity index (χ3n) is 5.13. The van der Waals surface area contributed by atoms with Crippen LogP contribution in [0, 0.1) is 0 Å². The first-order valence-electron chi connectivity index (χ1n) is 9.46. The Labute approximate surface area is 169 Å². The van der Waals surface area contributed by atoms with Crippen molar-refractivity contribution in [3.63, 3.8) is 0 Å². The molecule has 0 aliphatic carbocycles. The molecule has 4 rings (SSSR count). The Morgan fingerprint density at radius 3 is 2.48 bits per heavy atom. The summed E-state index contributed by atoms with van der Waals surface area (Å²) in [4.78, 5) is 14.9. The molecule has 0 saturated heterocycles. The number of benzene rings is 2. The van der Waals surface area contributed by atoms with Crippen LogP contribution in [0.15, 0.2) is 65.3 Å². The molecule has 2 aromatic heterocycles. The van der Waals surface area contributed by atoms with Gasteiger partial charge in [-0.3, -0.25) is 4.79 Å². The van der Waals surface area contributed by atoms with E-state index in [4.69, 9.17) is 9.15 Å². The summed E-state index contributed by atoms with van der Waals surface area (Å²) in [6, 6.07) is 15.1. The number of anilines is 2. The Kier molecular flexibility index (Phi) is 4.84. The van der Waals surface area contributed by atoms with Crippen LogP contribution in [0.3, 0.4) is 0 Å². The average molecular weight is 390 g/mol. The number of carbonyl (C=O) groups excluding carboxylic acids is 1. The number of rotatable bonds is 5. The first-order chi connectivity index (χ1) is 14.0. The first kappa shape index (κ1) is 18.8. The lowest BCUT2D eigenvalue weighted by Gasteiger charge is -2.14. The smallest absolute Gasteiger partial charge is 0.293 e. The monoisotopic (exact) mass is 390 g/mol. The molecule has 2 aromatic carbocycles. The molecule has 0 spiro atoms. The van der Waals surface area contributed by atoms with Gasteiger partial charge in [-0.25, -0.2) is 0 Å². The highest BCUT2D eigenvalue weighted by molar-refractivity contribution is 6.07. The maximum Gasteiger partial charge on any atom is 0.293 e. The van der Waals surface area contributed by atoms with Gasteiger partial charge in [-0.05, 0) is 12.1 Å². The second-order valence-corrected chi connectivity index (χ2v) is 7.21. The number of carbonyl (C=O) groups is 1. The summed E-state index contributed by atoms with van der Waals surface area (Å²) >= 11 is 0. The van der Waals surface area contributed by atoms with Gasteiger partial charge >= 0.3 is 0 Å². The Morgan fingerprint density at radius 2 is 1.79 bits per heavy atom. The summed E-state index contributed by atoms with van der Waals surface area (Å²) in [5.41, 5.74) is 3.17. The molecule has 4 aromatic rings. The summed E-state index contributed by atoms with van der Waals surface area (Å²) in [6.45, 7) is 1.86. The molecule has 0 unspecified atom stereocenters. The van der Waals surface area contributed by atoms with Crippen LogP contribution in [0.4, 0.5) is 11.4 Å². The van der Waals surface area contributed by atoms with E-state index in [0.29, 0.717) is 17.0 Å². The van der Waals surface area contributed by atoms with Gasteiger partial charge in [0.2, 0.25) is 6.04 Å². The number of furan rings is 1. The van der Waals surface area contributed by atoms with Gasteiger partial charge in [0.15, 0.2) is 12.4 Å². The SMILES string of the molecule is COc1cc2c(cc1NC(=O)[C@@H](C)[n+]1ccc(N(C)C)cc1)oc1ccccc12. The molecule has 1 atom stereocenters. The van der Waals surface area contributed by atoms with Crippen molar-refractivity contribution in [2.24, 2.45) is 0 Å². The molecule has 0 radical (unpaired) electrons. The molecule has 148 valence electrons. The molecule has 0 bridgehead atoms. The minimum absolute atomic E-state index is 0.138. The zero-order valence-electron chi connectivity index (χ0n) is 17.0. The second kappa shape index (κ2) is 7.47. The van der Waals surface area contributed by atoms with Crippen LogP contribution >= 0.6 is 0 Å². The number of pyridine rings is 1. The van der Waals surface area contributed by atoms with Gasteiger partial charge in [0.1, 0.15) is 16.9 Å². The number of nitrogens with zero attached hydrogens (tertiary/aromatic N) is 2. The maximum absolute atomic E-state index is 12.9. The predicted molar refractivity (Wildman–Crippen MR) is 115 cm³/mol. The van der Waals surface area contributed by atoms with E-state index in [1.807, 2.05) is 91.4 Å². The normalized spacial score (nSPS) is 12.1. The zero-order chi connectivity index (χ0) is 20.5. The van der Waals surface area contributed by atoms with Crippen LogP contribution in [-0.2, 0) is 4.79 Å². The van der Waals surface area contributed by atoms with Crippen molar-refractivity contribution in [2.75, 3.05) is 31.4 Å². The van der Waals surface area contributed by atoms with E-state index in [-0.39, 0.29) is 11.9 Å².